The fourth-order valence-corrected chi connectivity index (χ4v) is 0.940. The maximum atomic E-state index is 13.4. The molecule has 0 aliphatic carbocycles. The van der Waals surface area contributed by atoms with Crippen LogP contribution in [0.5, 0.6) is 0 Å². The number of carbonyl (C=O) groups is 1. The summed E-state index contributed by atoms with van der Waals surface area (Å²) in [7, 11) is 0. The molecule has 0 aliphatic rings. The Morgan fingerprint density at radius 3 is 1.83 bits per heavy atom. The van der Waals surface area contributed by atoms with Crippen LogP contribution in [0.4, 0.5) is 22.0 Å². The monoisotopic (exact) mass is 271 g/mol. The zero-order valence-electron chi connectivity index (χ0n) is 10.2. The molecule has 2 nitrogen and oxygen atoms in total. The molecule has 18 heavy (non-hydrogen) atoms. The summed E-state index contributed by atoms with van der Waals surface area (Å²) in [5.74, 6) is -6.41. The number of allylic oxidation sites excluding steroid dienone is 3. The van der Waals surface area contributed by atoms with Crippen LogP contribution in [0.1, 0.15) is 27.2 Å². The Morgan fingerprint density at radius 1 is 1.06 bits per heavy atom. The van der Waals surface area contributed by atoms with Crippen molar-refractivity contribution < 1.29 is 26.7 Å². The van der Waals surface area contributed by atoms with E-state index in [9.17, 15) is 26.7 Å². The molecule has 0 radical (unpaired) electrons. The Morgan fingerprint density at radius 2 is 1.50 bits per heavy atom. The lowest BCUT2D eigenvalue weighted by molar-refractivity contribution is -0.120. The van der Waals surface area contributed by atoms with Gasteiger partial charge < -0.3 is 5.32 Å². The lowest BCUT2D eigenvalue weighted by atomic mass is 10.2. The lowest BCUT2D eigenvalue weighted by Crippen LogP contribution is -2.25. The van der Waals surface area contributed by atoms with Crippen LogP contribution in [0.3, 0.4) is 0 Å². The molecule has 0 fully saturated rings. The quantitative estimate of drug-likeness (QED) is 0.601. The summed E-state index contributed by atoms with van der Waals surface area (Å²) in [4.78, 5) is 11.0. The molecule has 0 heterocycles. The van der Waals surface area contributed by atoms with E-state index in [1.54, 1.807) is 5.32 Å². The molecule has 104 valence electrons. The fourth-order valence-electron chi connectivity index (χ4n) is 0.940. The molecule has 0 spiro atoms. The van der Waals surface area contributed by atoms with E-state index in [0.29, 0.717) is 6.92 Å². The van der Waals surface area contributed by atoms with Crippen LogP contribution in [0.2, 0.25) is 0 Å². The van der Waals surface area contributed by atoms with Crippen molar-refractivity contribution in [3.05, 3.63) is 23.2 Å². The van der Waals surface area contributed by atoms with Gasteiger partial charge in [0.15, 0.2) is 29.8 Å². The maximum Gasteiger partial charge on any atom is 0.224 e. The summed E-state index contributed by atoms with van der Waals surface area (Å²) >= 11 is 0. The Labute approximate surface area is 102 Å². The second-order valence-corrected chi connectivity index (χ2v) is 3.52. The molecule has 0 aromatic rings. The smallest absolute Gasteiger partial charge is 0.224 e. The summed E-state index contributed by atoms with van der Waals surface area (Å²) in [6.07, 6.45) is -4.75. The highest BCUT2D eigenvalue weighted by atomic mass is 19.2. The van der Waals surface area contributed by atoms with E-state index in [2.05, 4.69) is 0 Å². The Kier molecular flexibility index (Phi) is 6.57. The van der Waals surface area contributed by atoms with Crippen LogP contribution >= 0.6 is 0 Å². The van der Waals surface area contributed by atoms with Gasteiger partial charge in [-0.3, -0.25) is 4.79 Å². The van der Waals surface area contributed by atoms with Crippen molar-refractivity contribution >= 4 is 5.91 Å². The second-order valence-electron chi connectivity index (χ2n) is 3.52. The second kappa shape index (κ2) is 7.13. The lowest BCUT2D eigenvalue weighted by Gasteiger charge is -2.11. The predicted octanol–water partition coefficient (Wildman–Crippen LogP) is 3.56. The number of rotatable bonds is 5. The molecule has 7 heteroatoms. The van der Waals surface area contributed by atoms with E-state index in [1.165, 1.54) is 6.92 Å². The number of amides is 1. The highest BCUT2D eigenvalue weighted by Gasteiger charge is 2.24. The Hall–Kier alpha value is -1.40. The Bertz CT molecular complexity index is 374. The first-order chi connectivity index (χ1) is 8.22. The average molecular weight is 271 g/mol. The zero-order valence-corrected chi connectivity index (χ0v) is 10.2. The standard InChI is InChI=1S/C11H14F5NO/c1-4-7(18)17-11(9(15)6(3)13)10(16)8(14)5(2)12/h5-6H,4H2,1-3H3,(H,17,18)/b10-8-,11-9-. The first kappa shape index (κ1) is 16.6. The summed E-state index contributed by atoms with van der Waals surface area (Å²) in [5, 5.41) is 1.67. The van der Waals surface area contributed by atoms with Crippen molar-refractivity contribution in [1.82, 2.24) is 5.32 Å². The van der Waals surface area contributed by atoms with Crippen LogP contribution in [0, 0.1) is 0 Å². The molecule has 1 amide bonds. The van der Waals surface area contributed by atoms with Crippen LogP contribution in [0.25, 0.3) is 0 Å². The molecule has 0 bridgehead atoms. The minimum Gasteiger partial charge on any atom is -0.321 e. The number of carbonyl (C=O) groups excluding carboxylic acids is 1. The van der Waals surface area contributed by atoms with Gasteiger partial charge in [0.1, 0.15) is 5.70 Å². The van der Waals surface area contributed by atoms with Crippen LogP contribution < -0.4 is 5.32 Å². The maximum absolute atomic E-state index is 13.4. The molecule has 0 saturated heterocycles. The van der Waals surface area contributed by atoms with Crippen molar-refractivity contribution in [2.45, 2.75) is 39.5 Å². The third-order valence-electron chi connectivity index (χ3n) is 1.95. The SMILES string of the molecule is CCC(=O)NC(/C(F)=C(/F)C(C)F)=C(\F)C(C)F. The topological polar surface area (TPSA) is 29.1 Å². The molecule has 1 N–H and O–H groups in total. The normalized spacial score (nSPS) is 17.6. The zero-order chi connectivity index (χ0) is 14.5. The van der Waals surface area contributed by atoms with Crippen molar-refractivity contribution in [3.8, 4) is 0 Å². The largest absolute Gasteiger partial charge is 0.321 e. The number of hydrogen-bond donors (Lipinski definition) is 1. The third-order valence-corrected chi connectivity index (χ3v) is 1.95. The van der Waals surface area contributed by atoms with Gasteiger partial charge in [0.25, 0.3) is 0 Å². The number of halogens is 5. The number of nitrogens with one attached hydrogen (secondary N) is 1. The molecule has 0 aromatic heterocycles. The average Bonchev–Trinajstić information content (AvgIpc) is 2.32. The van der Waals surface area contributed by atoms with Gasteiger partial charge >= 0.3 is 0 Å². The highest BCUT2D eigenvalue weighted by molar-refractivity contribution is 5.78. The van der Waals surface area contributed by atoms with Gasteiger partial charge in [-0.05, 0) is 13.8 Å². The molecule has 0 aliphatic heterocycles. The van der Waals surface area contributed by atoms with Crippen LogP contribution in [-0.2, 0) is 4.79 Å². The first-order valence-corrected chi connectivity index (χ1v) is 5.25. The van der Waals surface area contributed by atoms with Crippen LogP contribution in [0.15, 0.2) is 23.2 Å². The predicted molar refractivity (Wildman–Crippen MR) is 56.9 cm³/mol. The number of hydrogen-bond acceptors (Lipinski definition) is 1. The van der Waals surface area contributed by atoms with Gasteiger partial charge in [-0.15, -0.1) is 0 Å². The Balaban J connectivity index is 5.57. The molecule has 0 rings (SSSR count). The molecule has 2 atom stereocenters. The van der Waals surface area contributed by atoms with Gasteiger partial charge in [-0.25, -0.2) is 22.0 Å². The van der Waals surface area contributed by atoms with Gasteiger partial charge in [-0.1, -0.05) is 6.92 Å². The summed E-state index contributed by atoms with van der Waals surface area (Å²) in [6, 6.07) is 0. The summed E-state index contributed by atoms with van der Waals surface area (Å²) < 4.78 is 65.0. The molecule has 2 unspecified atom stereocenters. The number of alkyl halides is 2. The summed E-state index contributed by atoms with van der Waals surface area (Å²) in [6.45, 7) is 2.79. The van der Waals surface area contributed by atoms with E-state index < -0.39 is 41.4 Å². The third kappa shape index (κ3) is 4.46. The minimum absolute atomic E-state index is 0.155. The van der Waals surface area contributed by atoms with E-state index in [4.69, 9.17) is 0 Å². The van der Waals surface area contributed by atoms with E-state index in [0.717, 1.165) is 6.92 Å². The van der Waals surface area contributed by atoms with E-state index in [-0.39, 0.29) is 6.42 Å². The van der Waals surface area contributed by atoms with Gasteiger partial charge in [0.05, 0.1) is 0 Å². The molecular weight excluding hydrogens is 257 g/mol. The van der Waals surface area contributed by atoms with E-state index >= 15 is 0 Å². The van der Waals surface area contributed by atoms with E-state index in [1.807, 2.05) is 0 Å². The van der Waals surface area contributed by atoms with Crippen molar-refractivity contribution in [2.24, 2.45) is 0 Å². The van der Waals surface area contributed by atoms with Crippen molar-refractivity contribution in [3.63, 3.8) is 0 Å². The van der Waals surface area contributed by atoms with Crippen LogP contribution in [-0.4, -0.2) is 18.3 Å². The highest BCUT2D eigenvalue weighted by Crippen LogP contribution is 2.25. The fraction of sp³-hybridized carbons (Fsp3) is 0.545. The van der Waals surface area contributed by atoms with Crippen molar-refractivity contribution in [1.29, 1.82) is 0 Å². The van der Waals surface area contributed by atoms with Gasteiger partial charge in [0, 0.05) is 6.42 Å². The molecule has 0 aromatic carbocycles. The molecule has 0 saturated carbocycles. The minimum atomic E-state index is -2.33. The van der Waals surface area contributed by atoms with Gasteiger partial charge in [-0.2, -0.15) is 0 Å². The molecular formula is C11H14F5NO. The summed E-state index contributed by atoms with van der Waals surface area (Å²) in [5.41, 5.74) is -1.31. The van der Waals surface area contributed by atoms with Crippen molar-refractivity contribution in [2.75, 3.05) is 0 Å². The first-order valence-electron chi connectivity index (χ1n) is 5.25. The van der Waals surface area contributed by atoms with Gasteiger partial charge in [0.2, 0.25) is 5.91 Å².